The maximum absolute atomic E-state index is 6.47. The molecule has 0 radical (unpaired) electrons. The zero-order valence-electron chi connectivity index (χ0n) is 19.6. The largest absolute Gasteiger partial charge is 0.456 e. The van der Waals surface area contributed by atoms with E-state index in [0.29, 0.717) is 0 Å². The Morgan fingerprint density at radius 3 is 2.44 bits per heavy atom. The quantitative estimate of drug-likeness (QED) is 0.259. The van der Waals surface area contributed by atoms with Gasteiger partial charge in [0.25, 0.3) is 0 Å². The van der Waals surface area contributed by atoms with Crippen LogP contribution in [0.5, 0.6) is 0 Å². The topological polar surface area (TPSA) is 28.9 Å². The number of aromatic amines is 1. The summed E-state index contributed by atoms with van der Waals surface area (Å²) >= 11 is 0. The van der Waals surface area contributed by atoms with E-state index in [4.69, 9.17) is 4.42 Å². The molecule has 0 bridgehead atoms. The number of H-pyrrole nitrogens is 1. The predicted molar refractivity (Wildman–Crippen MR) is 153 cm³/mol. The van der Waals surface area contributed by atoms with E-state index in [9.17, 15) is 0 Å². The summed E-state index contributed by atoms with van der Waals surface area (Å²) in [5.41, 5.74) is 12.3. The van der Waals surface area contributed by atoms with E-state index in [0.717, 1.165) is 24.0 Å². The first-order valence-electron chi connectivity index (χ1n) is 12.7. The molecule has 2 heteroatoms. The predicted octanol–water partition coefficient (Wildman–Crippen LogP) is 9.86. The molecule has 0 unspecified atom stereocenters. The second-order valence-corrected chi connectivity index (χ2v) is 10.1. The average Bonchev–Trinajstić information content (AvgIpc) is 3.59. The lowest BCUT2D eigenvalue weighted by atomic mass is 9.94. The van der Waals surface area contributed by atoms with Crippen LogP contribution in [0.1, 0.15) is 25.4 Å². The minimum absolute atomic E-state index is 0. The van der Waals surface area contributed by atoms with E-state index < -0.39 is 0 Å². The van der Waals surface area contributed by atoms with E-state index in [1.807, 2.05) is 0 Å². The average molecular weight is 462 g/mol. The van der Waals surface area contributed by atoms with Crippen molar-refractivity contribution in [2.24, 2.45) is 0 Å². The summed E-state index contributed by atoms with van der Waals surface area (Å²) in [5.74, 6) is 0. The molecule has 0 spiro atoms. The number of allylic oxidation sites excluding steroid dienone is 4. The SMILES string of the molecule is C1=CC2=C(CC1)c1cc3oc4ccc(-c5ccc6[nH]c7ccccc7c6c5)cc4c3c3cccc2c13.[HH]. The molecule has 2 nitrogen and oxygen atoms in total. The summed E-state index contributed by atoms with van der Waals surface area (Å²) in [6, 6.07) is 30.9. The Morgan fingerprint density at radius 1 is 0.639 bits per heavy atom. The molecular weight excluding hydrogens is 438 g/mol. The number of rotatable bonds is 1. The first kappa shape index (κ1) is 18.7. The second-order valence-electron chi connectivity index (χ2n) is 10.1. The molecule has 2 aromatic heterocycles. The molecule has 0 saturated carbocycles. The Hall–Kier alpha value is -4.56. The number of furan rings is 1. The zero-order chi connectivity index (χ0) is 23.4. The van der Waals surface area contributed by atoms with Gasteiger partial charge in [-0.15, -0.1) is 0 Å². The van der Waals surface area contributed by atoms with Crippen LogP contribution in [0, 0.1) is 0 Å². The fourth-order valence-electron chi connectivity index (χ4n) is 6.62. The summed E-state index contributed by atoms with van der Waals surface area (Å²) in [6.45, 7) is 0. The number of benzene rings is 5. The highest BCUT2D eigenvalue weighted by molar-refractivity contribution is 6.27. The lowest BCUT2D eigenvalue weighted by molar-refractivity contribution is 0.669. The van der Waals surface area contributed by atoms with Crippen molar-refractivity contribution >= 4 is 65.7 Å². The van der Waals surface area contributed by atoms with Crippen molar-refractivity contribution < 1.29 is 5.84 Å². The number of hydrogen-bond acceptors (Lipinski definition) is 1. The molecule has 36 heavy (non-hydrogen) atoms. The van der Waals surface area contributed by atoms with E-state index in [2.05, 4.69) is 102 Å². The lowest BCUT2D eigenvalue weighted by Gasteiger charge is -2.09. The van der Waals surface area contributed by atoms with Crippen LogP contribution < -0.4 is 0 Å². The van der Waals surface area contributed by atoms with Gasteiger partial charge in [-0.1, -0.05) is 60.7 Å². The molecule has 0 amide bonds. The van der Waals surface area contributed by atoms with Gasteiger partial charge in [0.05, 0.1) is 0 Å². The van der Waals surface area contributed by atoms with Gasteiger partial charge >= 0.3 is 0 Å². The van der Waals surface area contributed by atoms with Crippen molar-refractivity contribution in [2.45, 2.75) is 12.8 Å². The second kappa shape index (κ2) is 6.56. The number of aromatic nitrogens is 1. The maximum atomic E-state index is 6.47. The molecule has 170 valence electrons. The summed E-state index contributed by atoms with van der Waals surface area (Å²) in [4.78, 5) is 3.54. The van der Waals surface area contributed by atoms with Gasteiger partial charge in [0.15, 0.2) is 0 Å². The Balaban J connectivity index is 0.00000215. The Bertz CT molecular complexity index is 2150. The highest BCUT2D eigenvalue weighted by Gasteiger charge is 2.26. The molecule has 0 saturated heterocycles. The first-order valence-corrected chi connectivity index (χ1v) is 12.7. The van der Waals surface area contributed by atoms with Crippen molar-refractivity contribution in [3.05, 3.63) is 108 Å². The Labute approximate surface area is 208 Å². The molecule has 0 fully saturated rings. The monoisotopic (exact) mass is 461 g/mol. The van der Waals surface area contributed by atoms with Crippen LogP contribution in [0.15, 0.2) is 101 Å². The number of fused-ring (bicyclic) bond motifs is 9. The van der Waals surface area contributed by atoms with Crippen molar-refractivity contribution in [3.8, 4) is 11.1 Å². The first-order chi connectivity index (χ1) is 17.8. The summed E-state index contributed by atoms with van der Waals surface area (Å²) < 4.78 is 6.47. The van der Waals surface area contributed by atoms with Crippen molar-refractivity contribution in [1.82, 2.24) is 4.98 Å². The molecule has 0 atom stereocenters. The smallest absolute Gasteiger partial charge is 0.136 e. The molecule has 1 N–H and O–H groups in total. The van der Waals surface area contributed by atoms with Crippen molar-refractivity contribution in [1.29, 1.82) is 0 Å². The molecule has 9 rings (SSSR count). The Morgan fingerprint density at radius 2 is 1.47 bits per heavy atom. The van der Waals surface area contributed by atoms with Crippen LogP contribution in [0.3, 0.4) is 0 Å². The number of hydrogen-bond donors (Lipinski definition) is 1. The molecule has 0 aliphatic heterocycles. The fourth-order valence-corrected chi connectivity index (χ4v) is 6.62. The minimum Gasteiger partial charge on any atom is -0.456 e. The van der Waals surface area contributed by atoms with Crippen LogP contribution in [0.2, 0.25) is 0 Å². The molecule has 2 aliphatic rings. The van der Waals surface area contributed by atoms with E-state index >= 15 is 0 Å². The maximum Gasteiger partial charge on any atom is 0.136 e. The third-order valence-electron chi connectivity index (χ3n) is 8.22. The lowest BCUT2D eigenvalue weighted by Crippen LogP contribution is -1.87. The summed E-state index contributed by atoms with van der Waals surface area (Å²) in [5, 5.41) is 7.62. The van der Waals surface area contributed by atoms with E-state index in [1.165, 1.54) is 76.8 Å². The van der Waals surface area contributed by atoms with E-state index in [-0.39, 0.29) is 1.43 Å². The van der Waals surface area contributed by atoms with Gasteiger partial charge in [0.1, 0.15) is 11.2 Å². The van der Waals surface area contributed by atoms with Gasteiger partial charge in [0.2, 0.25) is 0 Å². The molecule has 2 aliphatic carbocycles. The van der Waals surface area contributed by atoms with Crippen LogP contribution in [0.25, 0.3) is 76.8 Å². The summed E-state index contributed by atoms with van der Waals surface area (Å²) in [6.07, 6.45) is 6.82. The molecular formula is C34H23NO. The van der Waals surface area contributed by atoms with Gasteiger partial charge < -0.3 is 9.40 Å². The Kier molecular flexibility index (Phi) is 3.41. The number of para-hydroxylation sites is 1. The third kappa shape index (κ3) is 2.31. The van der Waals surface area contributed by atoms with Gasteiger partial charge in [-0.3, -0.25) is 0 Å². The normalized spacial score (nSPS) is 14.8. The third-order valence-corrected chi connectivity index (χ3v) is 8.22. The van der Waals surface area contributed by atoms with Gasteiger partial charge in [0, 0.05) is 34.0 Å². The molecule has 7 aromatic rings. The molecule has 5 aromatic carbocycles. The van der Waals surface area contributed by atoms with Gasteiger partial charge in [-0.2, -0.15) is 0 Å². The highest BCUT2D eigenvalue weighted by atomic mass is 16.3. The summed E-state index contributed by atoms with van der Waals surface area (Å²) in [7, 11) is 0. The minimum atomic E-state index is 0. The van der Waals surface area contributed by atoms with Crippen LogP contribution in [0.4, 0.5) is 0 Å². The standard InChI is InChI=1S/C34H21NO.H2/c1-2-7-22-21(6-1)24-9-5-10-25-33(24)27(22)18-32-34(25)28-17-20(13-15-31(28)36-32)19-12-14-30-26(16-19)23-8-3-4-11-29(23)35-30;/h1,3-6,8-18,35H,2,7H2;1H. The molecule has 2 heterocycles. The van der Waals surface area contributed by atoms with Gasteiger partial charge in [-0.05, 0) is 93.4 Å². The van der Waals surface area contributed by atoms with Crippen LogP contribution in [-0.4, -0.2) is 4.98 Å². The van der Waals surface area contributed by atoms with Crippen LogP contribution >= 0.6 is 0 Å². The zero-order valence-corrected chi connectivity index (χ0v) is 19.6. The highest BCUT2D eigenvalue weighted by Crippen LogP contribution is 2.50. The van der Waals surface area contributed by atoms with Crippen molar-refractivity contribution in [2.75, 3.05) is 0 Å². The number of nitrogens with one attached hydrogen (secondary N) is 1. The van der Waals surface area contributed by atoms with Gasteiger partial charge in [-0.25, -0.2) is 0 Å². The van der Waals surface area contributed by atoms with Crippen molar-refractivity contribution in [3.63, 3.8) is 0 Å². The fraction of sp³-hybridized carbons (Fsp3) is 0.0588. The van der Waals surface area contributed by atoms with E-state index in [1.54, 1.807) is 0 Å². The van der Waals surface area contributed by atoms with Crippen LogP contribution in [-0.2, 0) is 0 Å².